The number of aliphatic carboxylic acids is 1. The number of likely N-dealkylation sites (tertiary alicyclic amines) is 1. The molecule has 0 spiro atoms. The van der Waals surface area contributed by atoms with Crippen LogP contribution in [-0.4, -0.2) is 39.5 Å². The first-order valence-electron chi connectivity index (χ1n) is 6.20. The molecule has 1 aliphatic rings. The molecule has 1 fully saturated rings. The van der Waals surface area contributed by atoms with Crippen LogP contribution in [0.5, 0.6) is 0 Å². The van der Waals surface area contributed by atoms with Crippen LogP contribution in [0.3, 0.4) is 0 Å². The summed E-state index contributed by atoms with van der Waals surface area (Å²) in [5.41, 5.74) is 0. The summed E-state index contributed by atoms with van der Waals surface area (Å²) in [6.45, 7) is 0.476. The molecule has 104 valence electrons. The highest BCUT2D eigenvalue weighted by atomic mass is 32.1. The number of thiazole rings is 1. The molecule has 1 amide bonds. The minimum atomic E-state index is -0.952. The van der Waals surface area contributed by atoms with E-state index in [2.05, 4.69) is 4.98 Å². The van der Waals surface area contributed by atoms with E-state index in [1.807, 2.05) is 0 Å². The molecule has 0 radical (unpaired) electrons. The molecule has 20 heavy (non-hydrogen) atoms. The Hall–Kier alpha value is -2.15. The van der Waals surface area contributed by atoms with E-state index < -0.39 is 12.0 Å². The molecule has 6 nitrogen and oxygen atoms in total. The Bertz CT molecular complexity index is 635. The van der Waals surface area contributed by atoms with Crippen molar-refractivity contribution in [3.63, 3.8) is 0 Å². The van der Waals surface area contributed by atoms with Gasteiger partial charge in [0.15, 0.2) is 10.8 Å². The average Bonchev–Trinajstić information content (AvgIpc) is 3.17. The van der Waals surface area contributed by atoms with Gasteiger partial charge in [-0.15, -0.1) is 11.3 Å². The lowest BCUT2D eigenvalue weighted by Crippen LogP contribution is -2.40. The van der Waals surface area contributed by atoms with Crippen LogP contribution in [0.4, 0.5) is 0 Å². The van der Waals surface area contributed by atoms with Gasteiger partial charge in [-0.05, 0) is 25.0 Å². The fourth-order valence-electron chi connectivity index (χ4n) is 2.30. The zero-order valence-electron chi connectivity index (χ0n) is 10.5. The van der Waals surface area contributed by atoms with Crippen molar-refractivity contribution in [2.24, 2.45) is 0 Å². The maximum atomic E-state index is 12.3. The monoisotopic (exact) mass is 292 g/mol. The lowest BCUT2D eigenvalue weighted by atomic mass is 10.2. The van der Waals surface area contributed by atoms with Crippen LogP contribution >= 0.6 is 11.3 Å². The van der Waals surface area contributed by atoms with Gasteiger partial charge in [0.25, 0.3) is 5.91 Å². The second-order valence-corrected chi connectivity index (χ2v) is 5.53. The molecule has 1 atom stereocenters. The SMILES string of the molecule is O=C(O)[C@H]1CCCN1C(=O)c1cnc(-c2ccco2)s1. The summed E-state index contributed by atoms with van der Waals surface area (Å²) in [5.74, 6) is -0.623. The Morgan fingerprint density at radius 1 is 1.50 bits per heavy atom. The molecule has 3 heterocycles. The highest BCUT2D eigenvalue weighted by Gasteiger charge is 2.35. The third-order valence-electron chi connectivity index (χ3n) is 3.25. The number of hydrogen-bond acceptors (Lipinski definition) is 5. The number of rotatable bonds is 3. The molecule has 1 saturated heterocycles. The van der Waals surface area contributed by atoms with Crippen LogP contribution in [0.1, 0.15) is 22.5 Å². The summed E-state index contributed by atoms with van der Waals surface area (Å²) in [4.78, 5) is 29.5. The van der Waals surface area contributed by atoms with Crippen LogP contribution in [0.25, 0.3) is 10.8 Å². The fourth-order valence-corrected chi connectivity index (χ4v) is 3.14. The predicted molar refractivity (Wildman–Crippen MR) is 71.5 cm³/mol. The molecule has 1 N–H and O–H groups in total. The van der Waals surface area contributed by atoms with Gasteiger partial charge >= 0.3 is 5.97 Å². The zero-order chi connectivity index (χ0) is 14.1. The van der Waals surface area contributed by atoms with Crippen LogP contribution < -0.4 is 0 Å². The summed E-state index contributed by atoms with van der Waals surface area (Å²) < 4.78 is 5.23. The number of carbonyl (C=O) groups excluding carboxylic acids is 1. The van der Waals surface area contributed by atoms with E-state index in [-0.39, 0.29) is 5.91 Å². The normalized spacial score (nSPS) is 18.4. The van der Waals surface area contributed by atoms with Crippen LogP contribution in [0, 0.1) is 0 Å². The van der Waals surface area contributed by atoms with Gasteiger partial charge in [-0.3, -0.25) is 4.79 Å². The predicted octanol–water partition coefficient (Wildman–Crippen LogP) is 2.09. The average molecular weight is 292 g/mol. The molecule has 1 aliphatic heterocycles. The van der Waals surface area contributed by atoms with Gasteiger partial charge in [-0.2, -0.15) is 0 Å². The van der Waals surface area contributed by atoms with Crippen LogP contribution in [0.2, 0.25) is 0 Å². The molecule has 0 aliphatic carbocycles. The van der Waals surface area contributed by atoms with Gasteiger partial charge < -0.3 is 14.4 Å². The number of furan rings is 1. The Labute approximate surface area is 118 Å². The van der Waals surface area contributed by atoms with E-state index >= 15 is 0 Å². The van der Waals surface area contributed by atoms with Crippen molar-refractivity contribution in [1.29, 1.82) is 0 Å². The standard InChI is InChI=1S/C13H12N2O4S/c16-12(15-5-1-3-8(15)13(17)18)10-7-14-11(20-10)9-4-2-6-19-9/h2,4,6-8H,1,3,5H2,(H,17,18)/t8-/m1/s1. The van der Waals surface area contributed by atoms with E-state index in [0.29, 0.717) is 35.0 Å². The largest absolute Gasteiger partial charge is 0.480 e. The second kappa shape index (κ2) is 5.09. The van der Waals surface area contributed by atoms with Crippen molar-refractivity contribution in [3.05, 3.63) is 29.5 Å². The third kappa shape index (κ3) is 2.20. The highest BCUT2D eigenvalue weighted by molar-refractivity contribution is 7.16. The van der Waals surface area contributed by atoms with Crippen molar-refractivity contribution in [1.82, 2.24) is 9.88 Å². The third-order valence-corrected chi connectivity index (χ3v) is 4.25. The fraction of sp³-hybridized carbons (Fsp3) is 0.308. The van der Waals surface area contributed by atoms with Crippen molar-refractivity contribution >= 4 is 23.2 Å². The van der Waals surface area contributed by atoms with Crippen LogP contribution in [-0.2, 0) is 4.79 Å². The van der Waals surface area contributed by atoms with E-state index in [9.17, 15) is 9.59 Å². The zero-order valence-corrected chi connectivity index (χ0v) is 11.3. The summed E-state index contributed by atoms with van der Waals surface area (Å²) in [6, 6.07) is 2.79. The Balaban J connectivity index is 1.83. The number of carbonyl (C=O) groups is 2. The van der Waals surface area contributed by atoms with Gasteiger partial charge in [-0.25, -0.2) is 9.78 Å². The molecule has 0 bridgehead atoms. The lowest BCUT2D eigenvalue weighted by molar-refractivity contribution is -0.141. The molecule has 2 aromatic rings. The molecule has 0 aromatic carbocycles. The van der Waals surface area contributed by atoms with Crippen molar-refractivity contribution in [2.75, 3.05) is 6.54 Å². The molecular weight excluding hydrogens is 280 g/mol. The molecule has 7 heteroatoms. The van der Waals surface area contributed by atoms with Gasteiger partial charge in [0.05, 0.1) is 12.5 Å². The second-order valence-electron chi connectivity index (χ2n) is 4.50. The van der Waals surface area contributed by atoms with Gasteiger partial charge in [-0.1, -0.05) is 0 Å². The number of carboxylic acids is 1. The first-order valence-corrected chi connectivity index (χ1v) is 7.02. The first kappa shape index (κ1) is 12.9. The van der Waals surface area contributed by atoms with Crippen molar-refractivity contribution in [3.8, 4) is 10.8 Å². The molecule has 2 aromatic heterocycles. The number of nitrogens with zero attached hydrogens (tertiary/aromatic N) is 2. The van der Waals surface area contributed by atoms with E-state index in [4.69, 9.17) is 9.52 Å². The number of carboxylic acid groups (broad SMARTS) is 1. The Morgan fingerprint density at radius 2 is 2.35 bits per heavy atom. The number of amides is 1. The number of hydrogen-bond donors (Lipinski definition) is 1. The van der Waals surface area contributed by atoms with Crippen molar-refractivity contribution < 1.29 is 19.1 Å². The van der Waals surface area contributed by atoms with E-state index in [1.165, 1.54) is 22.4 Å². The summed E-state index contributed by atoms with van der Waals surface area (Å²) >= 11 is 1.21. The summed E-state index contributed by atoms with van der Waals surface area (Å²) in [5, 5.41) is 9.73. The molecular formula is C13H12N2O4S. The quantitative estimate of drug-likeness (QED) is 0.936. The van der Waals surface area contributed by atoms with E-state index in [0.717, 1.165) is 0 Å². The Morgan fingerprint density at radius 3 is 3.05 bits per heavy atom. The van der Waals surface area contributed by atoms with Crippen LogP contribution in [0.15, 0.2) is 29.0 Å². The van der Waals surface area contributed by atoms with E-state index in [1.54, 1.807) is 18.4 Å². The van der Waals surface area contributed by atoms with Gasteiger partial charge in [0, 0.05) is 6.54 Å². The Kier molecular flexibility index (Phi) is 3.27. The lowest BCUT2D eigenvalue weighted by Gasteiger charge is -2.20. The minimum absolute atomic E-state index is 0.273. The molecule has 0 unspecified atom stereocenters. The maximum Gasteiger partial charge on any atom is 0.326 e. The number of aromatic nitrogens is 1. The summed E-state index contributed by atoms with van der Waals surface area (Å²) in [7, 11) is 0. The summed E-state index contributed by atoms with van der Waals surface area (Å²) in [6.07, 6.45) is 4.23. The topological polar surface area (TPSA) is 83.6 Å². The first-order chi connectivity index (χ1) is 9.66. The molecule has 3 rings (SSSR count). The molecule has 0 saturated carbocycles. The van der Waals surface area contributed by atoms with Gasteiger partial charge in [0.2, 0.25) is 0 Å². The van der Waals surface area contributed by atoms with Crippen molar-refractivity contribution in [2.45, 2.75) is 18.9 Å². The maximum absolute atomic E-state index is 12.3. The smallest absolute Gasteiger partial charge is 0.326 e. The highest BCUT2D eigenvalue weighted by Crippen LogP contribution is 2.28. The minimum Gasteiger partial charge on any atom is -0.480 e. The van der Waals surface area contributed by atoms with Gasteiger partial charge in [0.1, 0.15) is 10.9 Å².